The minimum absolute atomic E-state index is 0.119. The van der Waals surface area contributed by atoms with Gasteiger partial charge in [0.2, 0.25) is 5.56 Å². The molecule has 0 saturated carbocycles. The fourth-order valence-corrected chi connectivity index (χ4v) is 6.93. The number of pyridine rings is 1. The van der Waals surface area contributed by atoms with Crippen molar-refractivity contribution in [3.8, 4) is 22.8 Å². The maximum atomic E-state index is 12.6. The molecular formula is C33H34N4O3S. The Morgan fingerprint density at radius 1 is 0.927 bits per heavy atom. The number of aromatic nitrogens is 1. The van der Waals surface area contributed by atoms with Crippen LogP contribution in [-0.2, 0) is 11.2 Å². The smallest absolute Gasteiger partial charge is 0.250 e. The molecule has 7 rings (SSSR count). The van der Waals surface area contributed by atoms with E-state index >= 15 is 0 Å². The van der Waals surface area contributed by atoms with Gasteiger partial charge in [0.1, 0.15) is 5.75 Å². The van der Waals surface area contributed by atoms with E-state index in [9.17, 15) is 4.79 Å². The zero-order chi connectivity index (χ0) is 27.6. The second-order valence-electron chi connectivity index (χ2n) is 10.9. The summed E-state index contributed by atoms with van der Waals surface area (Å²) in [5.41, 5.74) is 4.96. The van der Waals surface area contributed by atoms with Crippen molar-refractivity contribution in [2.75, 3.05) is 56.2 Å². The van der Waals surface area contributed by atoms with Gasteiger partial charge >= 0.3 is 0 Å². The van der Waals surface area contributed by atoms with Crippen LogP contribution >= 0.6 is 11.8 Å². The van der Waals surface area contributed by atoms with Crippen LogP contribution in [0.3, 0.4) is 0 Å². The van der Waals surface area contributed by atoms with Crippen molar-refractivity contribution in [2.45, 2.75) is 28.7 Å². The molecule has 4 aromatic rings. The molecule has 8 heteroatoms. The summed E-state index contributed by atoms with van der Waals surface area (Å²) in [6, 6.07) is 27.4. The Hall–Kier alpha value is -3.72. The molecule has 0 aliphatic carbocycles. The molecule has 0 bridgehead atoms. The van der Waals surface area contributed by atoms with Gasteiger partial charge in [-0.05, 0) is 54.8 Å². The molecule has 41 heavy (non-hydrogen) atoms. The van der Waals surface area contributed by atoms with E-state index < -0.39 is 0 Å². The number of rotatable bonds is 7. The molecule has 1 atom stereocenters. The number of nitrogens with one attached hydrogen (secondary N) is 2. The number of H-pyrrole nitrogens is 1. The molecule has 3 aromatic carbocycles. The molecule has 2 saturated heterocycles. The van der Waals surface area contributed by atoms with Gasteiger partial charge in [-0.3, -0.25) is 4.79 Å². The van der Waals surface area contributed by atoms with E-state index in [0.29, 0.717) is 19.3 Å². The normalized spacial score (nSPS) is 18.4. The zero-order valence-corrected chi connectivity index (χ0v) is 23.8. The van der Waals surface area contributed by atoms with E-state index in [1.807, 2.05) is 18.2 Å². The Labute approximate surface area is 244 Å². The van der Waals surface area contributed by atoms with Gasteiger partial charge in [0.15, 0.2) is 5.75 Å². The standard InChI is InChI=1S/C33H34N4O3S/c38-32-21-26(37-15-17-39-18-16-37)20-28(35-32)27-7-4-8-30-33(27)40-29-10-9-24(19-31(29)41-30)34-25-12-14-36(22-25)13-11-23-5-2-1-3-6-23/h1-10,19-21,25,34H,11-18,22H2,(H,35,38). The number of anilines is 2. The van der Waals surface area contributed by atoms with Gasteiger partial charge in [-0.2, -0.15) is 0 Å². The topological polar surface area (TPSA) is 69.8 Å². The zero-order valence-electron chi connectivity index (χ0n) is 23.0. The second kappa shape index (κ2) is 11.6. The summed E-state index contributed by atoms with van der Waals surface area (Å²) < 4.78 is 12.0. The lowest BCUT2D eigenvalue weighted by molar-refractivity contribution is 0.122. The van der Waals surface area contributed by atoms with E-state index in [1.165, 1.54) is 5.56 Å². The van der Waals surface area contributed by atoms with Crippen LogP contribution in [0, 0.1) is 0 Å². The lowest BCUT2D eigenvalue weighted by Crippen LogP contribution is -2.36. The fourth-order valence-electron chi connectivity index (χ4n) is 5.90. The molecule has 7 nitrogen and oxygen atoms in total. The van der Waals surface area contributed by atoms with Crippen LogP contribution in [0.15, 0.2) is 93.4 Å². The lowest BCUT2D eigenvalue weighted by atomic mass is 10.1. The first-order valence-corrected chi connectivity index (χ1v) is 15.2. The highest BCUT2D eigenvalue weighted by Crippen LogP contribution is 2.51. The number of morpholine rings is 1. The number of para-hydroxylation sites is 1. The quantitative estimate of drug-likeness (QED) is 0.256. The summed E-state index contributed by atoms with van der Waals surface area (Å²) in [7, 11) is 0. The predicted octanol–water partition coefficient (Wildman–Crippen LogP) is 5.86. The number of hydrogen-bond acceptors (Lipinski definition) is 7. The Kier molecular flexibility index (Phi) is 7.44. The molecule has 2 fully saturated rings. The van der Waals surface area contributed by atoms with Crippen molar-refractivity contribution in [3.63, 3.8) is 0 Å². The average Bonchev–Trinajstić information content (AvgIpc) is 3.46. The van der Waals surface area contributed by atoms with Crippen molar-refractivity contribution < 1.29 is 9.47 Å². The number of benzene rings is 3. The summed E-state index contributed by atoms with van der Waals surface area (Å²) in [4.78, 5) is 22.5. The van der Waals surface area contributed by atoms with Crippen LogP contribution in [0.2, 0.25) is 0 Å². The molecule has 2 N–H and O–H groups in total. The predicted molar refractivity (Wildman–Crippen MR) is 165 cm³/mol. The van der Waals surface area contributed by atoms with Crippen LogP contribution in [0.1, 0.15) is 12.0 Å². The first kappa shape index (κ1) is 26.2. The Morgan fingerprint density at radius 2 is 1.80 bits per heavy atom. The molecule has 0 radical (unpaired) electrons. The number of aromatic amines is 1. The van der Waals surface area contributed by atoms with E-state index in [2.05, 4.69) is 74.7 Å². The van der Waals surface area contributed by atoms with Gasteiger partial charge in [-0.25, -0.2) is 0 Å². The monoisotopic (exact) mass is 566 g/mol. The average molecular weight is 567 g/mol. The molecule has 3 aliphatic heterocycles. The van der Waals surface area contributed by atoms with Gasteiger partial charge in [0, 0.05) is 61.8 Å². The molecular weight excluding hydrogens is 532 g/mol. The largest absolute Gasteiger partial charge is 0.454 e. The van der Waals surface area contributed by atoms with Gasteiger partial charge < -0.3 is 29.6 Å². The number of ether oxygens (including phenoxy) is 2. The fraction of sp³-hybridized carbons (Fsp3) is 0.303. The minimum atomic E-state index is -0.119. The molecule has 0 amide bonds. The van der Waals surface area contributed by atoms with Crippen molar-refractivity contribution in [2.24, 2.45) is 0 Å². The van der Waals surface area contributed by atoms with Gasteiger partial charge in [-0.1, -0.05) is 48.2 Å². The van der Waals surface area contributed by atoms with Crippen molar-refractivity contribution in [1.82, 2.24) is 9.88 Å². The summed E-state index contributed by atoms with van der Waals surface area (Å²) in [5, 5.41) is 3.76. The number of likely N-dealkylation sites (tertiary alicyclic amines) is 1. The Morgan fingerprint density at radius 3 is 2.68 bits per heavy atom. The highest BCUT2D eigenvalue weighted by molar-refractivity contribution is 7.99. The number of hydrogen-bond donors (Lipinski definition) is 2. The summed E-state index contributed by atoms with van der Waals surface area (Å²) in [6.07, 6.45) is 2.23. The van der Waals surface area contributed by atoms with Crippen LogP contribution in [0.4, 0.5) is 11.4 Å². The Balaban J connectivity index is 1.04. The van der Waals surface area contributed by atoms with Crippen LogP contribution in [-0.4, -0.2) is 61.9 Å². The van der Waals surface area contributed by atoms with Crippen LogP contribution in [0.25, 0.3) is 11.3 Å². The minimum Gasteiger partial charge on any atom is -0.454 e. The first-order chi connectivity index (χ1) is 20.2. The number of fused-ring (bicyclic) bond motifs is 2. The van der Waals surface area contributed by atoms with Crippen LogP contribution < -0.4 is 20.5 Å². The summed E-state index contributed by atoms with van der Waals surface area (Å²) in [6.45, 7) is 6.17. The summed E-state index contributed by atoms with van der Waals surface area (Å²) >= 11 is 1.71. The van der Waals surface area contributed by atoms with E-state index in [0.717, 1.165) is 89.5 Å². The first-order valence-electron chi connectivity index (χ1n) is 14.4. The maximum absolute atomic E-state index is 12.6. The van der Waals surface area contributed by atoms with Crippen molar-refractivity contribution in [1.29, 1.82) is 0 Å². The lowest BCUT2D eigenvalue weighted by Gasteiger charge is -2.29. The van der Waals surface area contributed by atoms with Crippen molar-refractivity contribution in [3.05, 3.63) is 94.8 Å². The highest BCUT2D eigenvalue weighted by atomic mass is 32.2. The second-order valence-corrected chi connectivity index (χ2v) is 12.0. The maximum Gasteiger partial charge on any atom is 0.250 e. The third kappa shape index (κ3) is 5.86. The van der Waals surface area contributed by atoms with Gasteiger partial charge in [0.05, 0.1) is 28.7 Å². The molecule has 1 aromatic heterocycles. The van der Waals surface area contributed by atoms with Crippen molar-refractivity contribution >= 4 is 23.1 Å². The third-order valence-corrected chi connectivity index (χ3v) is 9.13. The molecule has 0 spiro atoms. The molecule has 1 unspecified atom stereocenters. The third-order valence-electron chi connectivity index (χ3n) is 8.05. The molecule has 3 aliphatic rings. The number of nitrogens with zero attached hydrogens (tertiary/aromatic N) is 2. The van der Waals surface area contributed by atoms with E-state index in [1.54, 1.807) is 17.8 Å². The van der Waals surface area contributed by atoms with E-state index in [4.69, 9.17) is 9.47 Å². The van der Waals surface area contributed by atoms with Gasteiger partial charge in [0.25, 0.3) is 0 Å². The highest BCUT2D eigenvalue weighted by Gasteiger charge is 2.25. The van der Waals surface area contributed by atoms with Gasteiger partial charge in [-0.15, -0.1) is 0 Å². The molecule has 4 heterocycles. The Bertz CT molecular complexity index is 1590. The summed E-state index contributed by atoms with van der Waals surface area (Å²) in [5.74, 6) is 1.62. The van der Waals surface area contributed by atoms with Crippen LogP contribution in [0.5, 0.6) is 11.5 Å². The van der Waals surface area contributed by atoms with E-state index in [-0.39, 0.29) is 5.56 Å². The SMILES string of the molecule is O=c1cc(N2CCOCC2)cc(-c2cccc3c2Oc2ccc(NC4CCN(CCc5ccccc5)C4)cc2S3)[nH]1. The molecule has 210 valence electrons.